The number of carbonyl (C=O) groups excluding carboxylic acids is 1. The summed E-state index contributed by atoms with van der Waals surface area (Å²) in [4.78, 5) is 11.0. The molecule has 2 N–H and O–H groups in total. The SMILES string of the molecule is CCOC(=O)CNCC(O)c1cc(F)ccc1F. The second kappa shape index (κ2) is 7.03. The molecular weight excluding hydrogens is 244 g/mol. The minimum atomic E-state index is -1.23. The highest BCUT2D eigenvalue weighted by Gasteiger charge is 2.14. The lowest BCUT2D eigenvalue weighted by Crippen LogP contribution is -2.29. The molecule has 1 aromatic rings. The molecule has 0 radical (unpaired) electrons. The molecule has 0 amide bonds. The van der Waals surface area contributed by atoms with Crippen molar-refractivity contribution in [3.63, 3.8) is 0 Å². The van der Waals surface area contributed by atoms with E-state index in [-0.39, 0.29) is 25.3 Å². The van der Waals surface area contributed by atoms with Gasteiger partial charge < -0.3 is 15.2 Å². The van der Waals surface area contributed by atoms with Crippen LogP contribution in [0, 0.1) is 11.6 Å². The highest BCUT2D eigenvalue weighted by molar-refractivity contribution is 5.71. The summed E-state index contributed by atoms with van der Waals surface area (Å²) < 4.78 is 30.8. The van der Waals surface area contributed by atoms with E-state index in [1.807, 2.05) is 0 Å². The second-order valence-electron chi connectivity index (χ2n) is 3.62. The summed E-state index contributed by atoms with van der Waals surface area (Å²) in [6, 6.07) is 2.84. The molecule has 4 nitrogen and oxygen atoms in total. The molecule has 0 fully saturated rings. The summed E-state index contributed by atoms with van der Waals surface area (Å²) in [6.45, 7) is 1.78. The molecule has 1 rings (SSSR count). The summed E-state index contributed by atoms with van der Waals surface area (Å²) >= 11 is 0. The molecule has 0 saturated carbocycles. The van der Waals surface area contributed by atoms with Gasteiger partial charge in [-0.05, 0) is 25.1 Å². The number of aliphatic hydroxyl groups is 1. The van der Waals surface area contributed by atoms with Crippen molar-refractivity contribution < 1.29 is 23.4 Å². The number of carbonyl (C=O) groups is 1. The number of hydrogen-bond donors (Lipinski definition) is 2. The van der Waals surface area contributed by atoms with E-state index in [0.29, 0.717) is 0 Å². The first kappa shape index (κ1) is 14.5. The third-order valence-electron chi connectivity index (χ3n) is 2.23. The molecule has 0 heterocycles. The third-order valence-corrected chi connectivity index (χ3v) is 2.23. The van der Waals surface area contributed by atoms with Crippen LogP contribution in [0.5, 0.6) is 0 Å². The van der Waals surface area contributed by atoms with Gasteiger partial charge in [-0.2, -0.15) is 0 Å². The van der Waals surface area contributed by atoms with Gasteiger partial charge in [0.05, 0.1) is 19.3 Å². The minimum absolute atomic E-state index is 0.0703. The van der Waals surface area contributed by atoms with Crippen LogP contribution in [-0.4, -0.2) is 30.8 Å². The van der Waals surface area contributed by atoms with Gasteiger partial charge in [0.15, 0.2) is 0 Å². The van der Waals surface area contributed by atoms with Gasteiger partial charge in [0.2, 0.25) is 0 Å². The lowest BCUT2D eigenvalue weighted by Gasteiger charge is -2.12. The van der Waals surface area contributed by atoms with Crippen molar-refractivity contribution in [2.24, 2.45) is 0 Å². The maximum atomic E-state index is 13.3. The van der Waals surface area contributed by atoms with Gasteiger partial charge >= 0.3 is 5.97 Å². The number of nitrogens with one attached hydrogen (secondary N) is 1. The van der Waals surface area contributed by atoms with E-state index in [4.69, 9.17) is 0 Å². The average Bonchev–Trinajstić information content (AvgIpc) is 2.32. The van der Waals surface area contributed by atoms with E-state index >= 15 is 0 Å². The maximum Gasteiger partial charge on any atom is 0.319 e. The van der Waals surface area contributed by atoms with Gasteiger partial charge in [0, 0.05) is 12.1 Å². The van der Waals surface area contributed by atoms with Gasteiger partial charge in [-0.1, -0.05) is 0 Å². The van der Waals surface area contributed by atoms with Crippen LogP contribution in [-0.2, 0) is 9.53 Å². The molecule has 0 saturated heterocycles. The Bertz CT molecular complexity index is 412. The number of esters is 1. The fraction of sp³-hybridized carbons (Fsp3) is 0.417. The molecule has 1 aromatic carbocycles. The molecule has 0 aliphatic rings. The van der Waals surface area contributed by atoms with Gasteiger partial charge in [0.1, 0.15) is 11.6 Å². The van der Waals surface area contributed by atoms with Crippen LogP contribution < -0.4 is 5.32 Å². The molecule has 0 bridgehead atoms. The third kappa shape index (κ3) is 4.38. The van der Waals surface area contributed by atoms with Crippen LogP contribution in [0.25, 0.3) is 0 Å². The van der Waals surface area contributed by atoms with Gasteiger partial charge in [0.25, 0.3) is 0 Å². The van der Waals surface area contributed by atoms with Crippen molar-refractivity contribution in [2.45, 2.75) is 13.0 Å². The number of benzene rings is 1. The van der Waals surface area contributed by atoms with Crippen molar-refractivity contribution in [1.29, 1.82) is 0 Å². The van der Waals surface area contributed by atoms with Crippen molar-refractivity contribution in [3.8, 4) is 0 Å². The second-order valence-corrected chi connectivity index (χ2v) is 3.62. The predicted octanol–water partition coefficient (Wildman–Crippen LogP) is 1.15. The Labute approximate surface area is 104 Å². The zero-order valence-electron chi connectivity index (χ0n) is 9.95. The summed E-state index contributed by atoms with van der Waals surface area (Å²) in [5.74, 6) is -1.79. The molecular formula is C12H15F2NO3. The molecule has 1 atom stereocenters. The van der Waals surface area contributed by atoms with E-state index in [2.05, 4.69) is 10.1 Å². The van der Waals surface area contributed by atoms with Crippen LogP contribution in [0.2, 0.25) is 0 Å². The first-order valence-corrected chi connectivity index (χ1v) is 5.54. The molecule has 100 valence electrons. The Kier molecular flexibility index (Phi) is 5.67. The predicted molar refractivity (Wildman–Crippen MR) is 60.8 cm³/mol. The average molecular weight is 259 g/mol. The number of rotatable bonds is 6. The van der Waals surface area contributed by atoms with Crippen molar-refractivity contribution >= 4 is 5.97 Å². The summed E-state index contributed by atoms with van der Waals surface area (Å²) in [5, 5.41) is 12.2. The van der Waals surface area contributed by atoms with Crippen molar-refractivity contribution in [2.75, 3.05) is 19.7 Å². The summed E-state index contributed by atoms with van der Waals surface area (Å²) in [6.07, 6.45) is -1.23. The number of hydrogen-bond acceptors (Lipinski definition) is 4. The molecule has 0 aliphatic carbocycles. The van der Waals surface area contributed by atoms with Crippen LogP contribution in [0.3, 0.4) is 0 Å². The van der Waals surface area contributed by atoms with Crippen molar-refractivity contribution in [3.05, 3.63) is 35.4 Å². The molecule has 0 aliphatic heterocycles. The van der Waals surface area contributed by atoms with Crippen LogP contribution in [0.4, 0.5) is 8.78 Å². The Balaban J connectivity index is 2.47. The smallest absolute Gasteiger partial charge is 0.319 e. The molecule has 18 heavy (non-hydrogen) atoms. The Hall–Kier alpha value is -1.53. The zero-order chi connectivity index (χ0) is 13.5. The minimum Gasteiger partial charge on any atom is -0.465 e. The molecule has 0 spiro atoms. The van der Waals surface area contributed by atoms with E-state index in [1.54, 1.807) is 6.92 Å². The molecule has 0 aromatic heterocycles. The fourth-order valence-corrected chi connectivity index (χ4v) is 1.40. The van der Waals surface area contributed by atoms with Crippen LogP contribution >= 0.6 is 0 Å². The molecule has 6 heteroatoms. The lowest BCUT2D eigenvalue weighted by atomic mass is 10.1. The van der Waals surface area contributed by atoms with Gasteiger partial charge in [-0.3, -0.25) is 4.79 Å². The summed E-state index contributed by atoms with van der Waals surface area (Å²) in [5.41, 5.74) is -0.147. The number of aliphatic hydroxyl groups excluding tert-OH is 1. The lowest BCUT2D eigenvalue weighted by molar-refractivity contribution is -0.142. The highest BCUT2D eigenvalue weighted by Crippen LogP contribution is 2.17. The van der Waals surface area contributed by atoms with E-state index in [0.717, 1.165) is 18.2 Å². The van der Waals surface area contributed by atoms with E-state index in [9.17, 15) is 18.7 Å². The van der Waals surface area contributed by atoms with Crippen LogP contribution in [0.1, 0.15) is 18.6 Å². The quantitative estimate of drug-likeness (QED) is 0.752. The molecule has 1 unspecified atom stereocenters. The standard InChI is InChI=1S/C12H15F2NO3/c1-2-18-12(17)7-15-6-11(16)9-5-8(13)3-4-10(9)14/h3-5,11,15-16H,2,6-7H2,1H3. The summed E-state index contributed by atoms with van der Waals surface area (Å²) in [7, 11) is 0. The topological polar surface area (TPSA) is 58.6 Å². The maximum absolute atomic E-state index is 13.3. The largest absolute Gasteiger partial charge is 0.465 e. The highest BCUT2D eigenvalue weighted by atomic mass is 19.1. The first-order valence-electron chi connectivity index (χ1n) is 5.54. The Morgan fingerprint density at radius 2 is 2.22 bits per heavy atom. The fourth-order valence-electron chi connectivity index (χ4n) is 1.40. The van der Waals surface area contributed by atoms with Crippen molar-refractivity contribution in [1.82, 2.24) is 5.32 Å². The van der Waals surface area contributed by atoms with Gasteiger partial charge in [-0.25, -0.2) is 8.78 Å². The Morgan fingerprint density at radius 3 is 2.89 bits per heavy atom. The Morgan fingerprint density at radius 1 is 1.50 bits per heavy atom. The number of halogens is 2. The van der Waals surface area contributed by atoms with E-state index < -0.39 is 23.7 Å². The normalized spacial score (nSPS) is 12.2. The zero-order valence-corrected chi connectivity index (χ0v) is 9.95. The van der Waals surface area contributed by atoms with Gasteiger partial charge in [-0.15, -0.1) is 0 Å². The monoisotopic (exact) mass is 259 g/mol. The first-order chi connectivity index (χ1) is 8.54. The van der Waals surface area contributed by atoms with E-state index in [1.165, 1.54) is 0 Å². The number of ether oxygens (including phenoxy) is 1. The van der Waals surface area contributed by atoms with Crippen LogP contribution in [0.15, 0.2) is 18.2 Å².